The molecule has 0 aliphatic carbocycles. The normalized spacial score (nSPS) is 11.8. The lowest BCUT2D eigenvalue weighted by molar-refractivity contribution is 0.523. The number of alkyl halides is 2. The van der Waals surface area contributed by atoms with E-state index < -0.39 is 0 Å². The fourth-order valence-electron chi connectivity index (χ4n) is 2.44. The zero-order valence-corrected chi connectivity index (χ0v) is 15.5. The highest BCUT2D eigenvalue weighted by molar-refractivity contribution is 9.09. The number of halogens is 3. The van der Waals surface area contributed by atoms with Crippen molar-refractivity contribution in [3.05, 3.63) is 52.3 Å². The van der Waals surface area contributed by atoms with Crippen LogP contribution >= 0.6 is 43.5 Å². The molecule has 1 aromatic heterocycles. The number of aromatic nitrogens is 2. The monoisotopic (exact) mass is 418 g/mol. The van der Waals surface area contributed by atoms with Crippen LogP contribution in [-0.2, 0) is 18.9 Å². The molecule has 1 aromatic carbocycles. The summed E-state index contributed by atoms with van der Waals surface area (Å²) in [5.74, 6) is 0. The molecule has 0 saturated heterocycles. The summed E-state index contributed by atoms with van der Waals surface area (Å²) in [7, 11) is 1.99. The average molecular weight is 421 g/mol. The maximum Gasteiger partial charge on any atom is 0.0596 e. The Labute approximate surface area is 141 Å². The van der Waals surface area contributed by atoms with Crippen molar-refractivity contribution in [2.24, 2.45) is 7.05 Å². The van der Waals surface area contributed by atoms with E-state index in [1.807, 2.05) is 36.9 Å². The number of benzene rings is 1. The molecule has 108 valence electrons. The Morgan fingerprint density at radius 3 is 2.40 bits per heavy atom. The Morgan fingerprint density at radius 2 is 1.90 bits per heavy atom. The van der Waals surface area contributed by atoms with Crippen molar-refractivity contribution in [2.75, 3.05) is 10.7 Å². The molecule has 2 rings (SSSR count). The first-order valence-corrected chi connectivity index (χ1v) is 9.01. The van der Waals surface area contributed by atoms with Gasteiger partial charge in [0.15, 0.2) is 0 Å². The highest BCUT2D eigenvalue weighted by Crippen LogP contribution is 2.36. The second-order valence-electron chi connectivity index (χ2n) is 5.10. The number of hydrogen-bond donors (Lipinski definition) is 0. The lowest BCUT2D eigenvalue weighted by atomic mass is 9.80. The predicted octanol–water partition coefficient (Wildman–Crippen LogP) is 4.65. The van der Waals surface area contributed by atoms with Crippen molar-refractivity contribution in [1.29, 1.82) is 0 Å². The molecule has 0 unspecified atom stereocenters. The summed E-state index contributed by atoms with van der Waals surface area (Å²) in [6.45, 7) is 2.02. The molecular formula is C15H17Br2ClN2. The van der Waals surface area contributed by atoms with Gasteiger partial charge in [-0.3, -0.25) is 4.68 Å². The lowest BCUT2D eigenvalue weighted by Gasteiger charge is -2.31. The van der Waals surface area contributed by atoms with Gasteiger partial charge in [-0.05, 0) is 24.6 Å². The smallest absolute Gasteiger partial charge is 0.0596 e. The molecule has 0 bridgehead atoms. The molecule has 0 saturated carbocycles. The molecule has 5 heteroatoms. The quantitative estimate of drug-likeness (QED) is 0.644. The van der Waals surface area contributed by atoms with E-state index in [2.05, 4.69) is 49.1 Å². The van der Waals surface area contributed by atoms with Gasteiger partial charge in [0, 0.05) is 40.3 Å². The Balaban J connectivity index is 2.45. The lowest BCUT2D eigenvalue weighted by Crippen LogP contribution is -2.34. The molecule has 2 aromatic rings. The maximum absolute atomic E-state index is 6.41. The van der Waals surface area contributed by atoms with E-state index in [4.69, 9.17) is 11.6 Å². The van der Waals surface area contributed by atoms with E-state index in [0.29, 0.717) is 0 Å². The van der Waals surface area contributed by atoms with Gasteiger partial charge in [0.1, 0.15) is 0 Å². The Morgan fingerprint density at radius 1 is 1.25 bits per heavy atom. The first-order valence-electron chi connectivity index (χ1n) is 6.39. The van der Waals surface area contributed by atoms with Crippen LogP contribution in [-0.4, -0.2) is 20.4 Å². The van der Waals surface area contributed by atoms with E-state index in [1.165, 1.54) is 5.69 Å². The van der Waals surface area contributed by atoms with E-state index >= 15 is 0 Å². The van der Waals surface area contributed by atoms with Gasteiger partial charge in [0.25, 0.3) is 0 Å². The first kappa shape index (κ1) is 16.1. The number of hydrogen-bond acceptors (Lipinski definition) is 1. The average Bonchev–Trinajstić information content (AvgIpc) is 2.75. The molecule has 0 N–H and O–H groups in total. The van der Waals surface area contributed by atoms with Gasteiger partial charge in [0.05, 0.1) is 5.69 Å². The fraction of sp³-hybridized carbons (Fsp3) is 0.400. The maximum atomic E-state index is 6.41. The standard InChI is InChI=1S/C15H17Br2ClN2/c1-11-7-12(20(2)19-11)8-15(9-16,10-17)13-5-3-4-6-14(13)18/h3-7H,8-10H2,1-2H3. The summed E-state index contributed by atoms with van der Waals surface area (Å²) in [4.78, 5) is 0. The summed E-state index contributed by atoms with van der Waals surface area (Å²) < 4.78 is 1.95. The third kappa shape index (κ3) is 3.12. The van der Waals surface area contributed by atoms with E-state index in [9.17, 15) is 0 Å². The van der Waals surface area contributed by atoms with Gasteiger partial charge in [-0.25, -0.2) is 0 Å². The highest BCUT2D eigenvalue weighted by Gasteiger charge is 2.33. The SMILES string of the molecule is Cc1cc(CC(CBr)(CBr)c2ccccc2Cl)n(C)n1. The minimum absolute atomic E-state index is 0.0847. The number of aryl methyl sites for hydroxylation is 2. The van der Waals surface area contributed by atoms with Crippen molar-refractivity contribution in [3.63, 3.8) is 0 Å². The molecule has 0 radical (unpaired) electrons. The van der Waals surface area contributed by atoms with Gasteiger partial charge >= 0.3 is 0 Å². The minimum Gasteiger partial charge on any atom is -0.272 e. The largest absolute Gasteiger partial charge is 0.272 e. The summed E-state index contributed by atoms with van der Waals surface area (Å²) in [6, 6.07) is 10.2. The van der Waals surface area contributed by atoms with Crippen LogP contribution in [0.5, 0.6) is 0 Å². The van der Waals surface area contributed by atoms with Crippen molar-refractivity contribution in [2.45, 2.75) is 18.8 Å². The molecule has 0 fully saturated rings. The van der Waals surface area contributed by atoms with Crippen LogP contribution in [0, 0.1) is 6.92 Å². The van der Waals surface area contributed by atoms with Crippen LogP contribution in [0.3, 0.4) is 0 Å². The minimum atomic E-state index is -0.0847. The zero-order chi connectivity index (χ0) is 14.8. The summed E-state index contributed by atoms with van der Waals surface area (Å²) in [5.41, 5.74) is 3.33. The fourth-order valence-corrected chi connectivity index (χ4v) is 4.70. The zero-order valence-electron chi connectivity index (χ0n) is 11.5. The van der Waals surface area contributed by atoms with Crippen LogP contribution < -0.4 is 0 Å². The van der Waals surface area contributed by atoms with Crippen LogP contribution in [0.25, 0.3) is 0 Å². The molecule has 0 amide bonds. The first-order chi connectivity index (χ1) is 9.52. The highest BCUT2D eigenvalue weighted by atomic mass is 79.9. The summed E-state index contributed by atoms with van der Waals surface area (Å²) in [5, 5.41) is 6.91. The van der Waals surface area contributed by atoms with Gasteiger partial charge in [-0.15, -0.1) is 0 Å². The third-order valence-corrected chi connectivity index (χ3v) is 6.05. The van der Waals surface area contributed by atoms with E-state index in [0.717, 1.165) is 33.4 Å². The Kier molecular flexibility index (Phi) is 5.32. The van der Waals surface area contributed by atoms with E-state index in [-0.39, 0.29) is 5.41 Å². The van der Waals surface area contributed by atoms with E-state index in [1.54, 1.807) is 0 Å². The van der Waals surface area contributed by atoms with Crippen molar-refractivity contribution in [3.8, 4) is 0 Å². The molecule has 0 aliphatic heterocycles. The molecular weight excluding hydrogens is 403 g/mol. The predicted molar refractivity (Wildman–Crippen MR) is 92.4 cm³/mol. The van der Waals surface area contributed by atoms with Crippen molar-refractivity contribution in [1.82, 2.24) is 9.78 Å². The van der Waals surface area contributed by atoms with Crippen molar-refractivity contribution < 1.29 is 0 Å². The molecule has 0 atom stereocenters. The van der Waals surface area contributed by atoms with Gasteiger partial charge in [0.2, 0.25) is 0 Å². The van der Waals surface area contributed by atoms with Crippen molar-refractivity contribution >= 4 is 43.5 Å². The topological polar surface area (TPSA) is 17.8 Å². The van der Waals surface area contributed by atoms with Gasteiger partial charge < -0.3 is 0 Å². The second-order valence-corrected chi connectivity index (χ2v) is 6.63. The molecule has 0 spiro atoms. The number of rotatable bonds is 5. The third-order valence-electron chi connectivity index (χ3n) is 3.58. The summed E-state index contributed by atoms with van der Waals surface area (Å²) in [6.07, 6.45) is 0.880. The number of nitrogens with zero attached hydrogens (tertiary/aromatic N) is 2. The molecule has 0 aliphatic rings. The Bertz CT molecular complexity index is 591. The van der Waals surface area contributed by atoms with Gasteiger partial charge in [-0.1, -0.05) is 61.7 Å². The second kappa shape index (κ2) is 6.63. The Hall–Kier alpha value is -0.320. The molecule has 20 heavy (non-hydrogen) atoms. The molecule has 2 nitrogen and oxygen atoms in total. The van der Waals surface area contributed by atoms with Crippen LogP contribution in [0.4, 0.5) is 0 Å². The van der Waals surface area contributed by atoms with Crippen LogP contribution in [0.15, 0.2) is 30.3 Å². The summed E-state index contributed by atoms with van der Waals surface area (Å²) >= 11 is 13.8. The van der Waals surface area contributed by atoms with Gasteiger partial charge in [-0.2, -0.15) is 5.10 Å². The molecule has 1 heterocycles. The van der Waals surface area contributed by atoms with Crippen LogP contribution in [0.2, 0.25) is 5.02 Å². The van der Waals surface area contributed by atoms with Crippen LogP contribution in [0.1, 0.15) is 17.0 Å².